The summed E-state index contributed by atoms with van der Waals surface area (Å²) in [5.41, 5.74) is 2.40. The molecule has 1 aliphatic carbocycles. The van der Waals surface area contributed by atoms with Gasteiger partial charge in [0.25, 0.3) is 0 Å². The van der Waals surface area contributed by atoms with Crippen LogP contribution in [0, 0.1) is 0 Å². The topological polar surface area (TPSA) is 57.5 Å². The van der Waals surface area contributed by atoms with E-state index in [0.717, 1.165) is 43.7 Å². The number of aryl methyl sites for hydroxylation is 1. The van der Waals surface area contributed by atoms with Crippen LogP contribution in [0.4, 0.5) is 4.79 Å². The van der Waals surface area contributed by atoms with Crippen LogP contribution in [0.5, 0.6) is 0 Å². The summed E-state index contributed by atoms with van der Waals surface area (Å²) < 4.78 is 5.51. The van der Waals surface area contributed by atoms with Gasteiger partial charge in [0, 0.05) is 18.5 Å². The van der Waals surface area contributed by atoms with E-state index in [1.54, 1.807) is 6.26 Å². The fraction of sp³-hybridized carbons (Fsp3) is 0.476. The van der Waals surface area contributed by atoms with Crippen LogP contribution in [-0.4, -0.2) is 30.6 Å². The number of nitrogens with one attached hydrogen (secondary N) is 2. The highest BCUT2D eigenvalue weighted by Crippen LogP contribution is 2.30. The second-order valence-corrected chi connectivity index (χ2v) is 7.27. The van der Waals surface area contributed by atoms with Gasteiger partial charge in [-0.15, -0.1) is 0 Å². The highest BCUT2D eigenvalue weighted by atomic mass is 16.3. The van der Waals surface area contributed by atoms with Crippen molar-refractivity contribution in [3.8, 4) is 0 Å². The molecule has 5 heteroatoms. The molecule has 1 aromatic carbocycles. The maximum Gasteiger partial charge on any atom is 0.315 e. The predicted molar refractivity (Wildman–Crippen MR) is 101 cm³/mol. The van der Waals surface area contributed by atoms with Crippen LogP contribution in [0.25, 0.3) is 0 Å². The van der Waals surface area contributed by atoms with Gasteiger partial charge in [-0.1, -0.05) is 30.3 Å². The third kappa shape index (κ3) is 3.78. The molecule has 0 spiro atoms. The van der Waals surface area contributed by atoms with E-state index in [2.05, 4.69) is 39.8 Å². The van der Waals surface area contributed by atoms with Crippen LogP contribution in [-0.2, 0) is 6.42 Å². The van der Waals surface area contributed by atoms with Gasteiger partial charge in [0.15, 0.2) is 0 Å². The van der Waals surface area contributed by atoms with Gasteiger partial charge in [0.2, 0.25) is 0 Å². The van der Waals surface area contributed by atoms with Gasteiger partial charge >= 0.3 is 6.03 Å². The van der Waals surface area contributed by atoms with Crippen molar-refractivity contribution < 1.29 is 9.21 Å². The summed E-state index contributed by atoms with van der Waals surface area (Å²) in [5.74, 6) is 1.01. The summed E-state index contributed by atoms with van der Waals surface area (Å²) in [4.78, 5) is 15.0. The molecule has 1 aliphatic heterocycles. The molecule has 1 aromatic heterocycles. The van der Waals surface area contributed by atoms with Crippen molar-refractivity contribution in [3.63, 3.8) is 0 Å². The quantitative estimate of drug-likeness (QED) is 0.860. The van der Waals surface area contributed by atoms with Crippen LogP contribution in [0.1, 0.15) is 54.7 Å². The number of hydrogen-bond acceptors (Lipinski definition) is 3. The summed E-state index contributed by atoms with van der Waals surface area (Å²) in [7, 11) is 0. The second kappa shape index (κ2) is 7.96. The third-order valence-electron chi connectivity index (χ3n) is 5.58. The number of carbonyl (C=O) groups is 1. The zero-order valence-corrected chi connectivity index (χ0v) is 15.1. The molecule has 2 amide bonds. The van der Waals surface area contributed by atoms with Gasteiger partial charge in [-0.05, 0) is 50.4 Å². The smallest absolute Gasteiger partial charge is 0.315 e. The fourth-order valence-corrected chi connectivity index (χ4v) is 4.22. The van der Waals surface area contributed by atoms with Crippen molar-refractivity contribution in [1.82, 2.24) is 15.5 Å². The number of benzene rings is 1. The number of fused-ring (bicyclic) bond motifs is 1. The minimum atomic E-state index is -0.0934. The summed E-state index contributed by atoms with van der Waals surface area (Å²) in [6.45, 7) is 2.83. The average molecular weight is 353 g/mol. The second-order valence-electron chi connectivity index (χ2n) is 7.27. The van der Waals surface area contributed by atoms with Gasteiger partial charge in [0.1, 0.15) is 5.76 Å². The average Bonchev–Trinajstić information content (AvgIpc) is 3.35. The molecule has 2 heterocycles. The molecule has 2 N–H and O–H groups in total. The van der Waals surface area contributed by atoms with Gasteiger partial charge in [-0.2, -0.15) is 0 Å². The molecule has 1 fully saturated rings. The van der Waals surface area contributed by atoms with E-state index in [1.807, 2.05) is 12.1 Å². The van der Waals surface area contributed by atoms with Gasteiger partial charge < -0.3 is 15.1 Å². The molecule has 0 radical (unpaired) electrons. The van der Waals surface area contributed by atoms with Crippen molar-refractivity contribution in [3.05, 3.63) is 59.5 Å². The zero-order valence-electron chi connectivity index (χ0n) is 15.1. The van der Waals surface area contributed by atoms with Gasteiger partial charge in [0.05, 0.1) is 18.3 Å². The number of urea groups is 1. The summed E-state index contributed by atoms with van der Waals surface area (Å²) in [6, 6.07) is 12.7. The third-order valence-corrected chi connectivity index (χ3v) is 5.58. The lowest BCUT2D eigenvalue weighted by atomic mass is 9.93. The largest absolute Gasteiger partial charge is 0.469 e. The minimum absolute atomic E-state index is 0.0551. The molecule has 2 atom stereocenters. The lowest BCUT2D eigenvalue weighted by molar-refractivity contribution is 0.217. The Morgan fingerprint density at radius 3 is 2.77 bits per heavy atom. The maximum atomic E-state index is 12.5. The van der Waals surface area contributed by atoms with Crippen LogP contribution < -0.4 is 10.6 Å². The number of rotatable bonds is 5. The Bertz CT molecular complexity index is 722. The zero-order chi connectivity index (χ0) is 17.8. The van der Waals surface area contributed by atoms with Gasteiger partial charge in [-0.3, -0.25) is 4.90 Å². The Morgan fingerprint density at radius 2 is 1.96 bits per heavy atom. The van der Waals surface area contributed by atoms with E-state index in [4.69, 9.17) is 4.42 Å². The molecule has 4 rings (SSSR count). The molecular formula is C21H27N3O2. The Balaban J connectivity index is 1.38. The summed E-state index contributed by atoms with van der Waals surface area (Å²) in [6.07, 6.45) is 7.18. The number of amides is 2. The molecule has 26 heavy (non-hydrogen) atoms. The predicted octanol–water partition coefficient (Wildman–Crippen LogP) is 3.79. The molecular weight excluding hydrogens is 326 g/mol. The van der Waals surface area contributed by atoms with Crippen molar-refractivity contribution >= 4 is 6.03 Å². The Labute approximate surface area is 154 Å². The molecule has 5 nitrogen and oxygen atoms in total. The van der Waals surface area contributed by atoms with Crippen molar-refractivity contribution in [1.29, 1.82) is 0 Å². The molecule has 2 aliphatic rings. The van der Waals surface area contributed by atoms with E-state index < -0.39 is 0 Å². The first kappa shape index (κ1) is 17.2. The van der Waals surface area contributed by atoms with Crippen LogP contribution >= 0.6 is 0 Å². The SMILES string of the molecule is O=C(NCC(c1ccccc1)N1CCCC1)NC1CCCc2occc21. The highest BCUT2D eigenvalue weighted by Gasteiger charge is 2.26. The van der Waals surface area contributed by atoms with E-state index >= 15 is 0 Å². The Morgan fingerprint density at radius 1 is 1.15 bits per heavy atom. The lowest BCUT2D eigenvalue weighted by Gasteiger charge is -2.29. The van der Waals surface area contributed by atoms with E-state index in [-0.39, 0.29) is 18.1 Å². The van der Waals surface area contributed by atoms with E-state index in [1.165, 1.54) is 18.4 Å². The Hall–Kier alpha value is -2.27. The van der Waals surface area contributed by atoms with Crippen molar-refractivity contribution in [2.24, 2.45) is 0 Å². The minimum Gasteiger partial charge on any atom is -0.469 e. The van der Waals surface area contributed by atoms with E-state index in [9.17, 15) is 4.79 Å². The van der Waals surface area contributed by atoms with Crippen LogP contribution in [0.2, 0.25) is 0 Å². The van der Waals surface area contributed by atoms with E-state index in [0.29, 0.717) is 6.54 Å². The maximum absolute atomic E-state index is 12.5. The number of nitrogens with zero attached hydrogens (tertiary/aromatic N) is 1. The monoisotopic (exact) mass is 353 g/mol. The fourth-order valence-electron chi connectivity index (χ4n) is 4.22. The first-order valence-corrected chi connectivity index (χ1v) is 9.71. The van der Waals surface area contributed by atoms with Crippen LogP contribution in [0.3, 0.4) is 0 Å². The highest BCUT2D eigenvalue weighted by molar-refractivity contribution is 5.74. The lowest BCUT2D eigenvalue weighted by Crippen LogP contribution is -2.43. The normalized spacial score (nSPS) is 21.2. The number of likely N-dealkylation sites (tertiary alicyclic amines) is 1. The van der Waals surface area contributed by atoms with Crippen molar-refractivity contribution in [2.45, 2.75) is 44.2 Å². The summed E-state index contributed by atoms with van der Waals surface area (Å²) >= 11 is 0. The van der Waals surface area contributed by atoms with Gasteiger partial charge in [-0.25, -0.2) is 4.79 Å². The Kier molecular flexibility index (Phi) is 5.25. The molecule has 0 saturated carbocycles. The number of hydrogen-bond donors (Lipinski definition) is 2. The molecule has 2 aromatic rings. The first-order chi connectivity index (χ1) is 12.8. The standard InChI is InChI=1S/C21H27N3O2/c25-21(23-18-9-6-10-20-17(18)11-14-26-20)22-15-19(24-12-4-5-13-24)16-7-2-1-3-8-16/h1-3,7-8,11,14,18-19H,4-6,9-10,12-13,15H2,(H2,22,23,25). The molecule has 1 saturated heterocycles. The number of carbonyl (C=O) groups excluding carboxylic acids is 1. The molecule has 2 unspecified atom stereocenters. The molecule has 138 valence electrons. The summed E-state index contributed by atoms with van der Waals surface area (Å²) in [5, 5.41) is 6.24. The first-order valence-electron chi connectivity index (χ1n) is 9.71. The molecule has 0 bridgehead atoms. The van der Waals surface area contributed by atoms with Crippen LogP contribution in [0.15, 0.2) is 47.1 Å². The van der Waals surface area contributed by atoms with Crippen molar-refractivity contribution in [2.75, 3.05) is 19.6 Å². The number of furan rings is 1.